The maximum atomic E-state index is 13.3. The lowest BCUT2D eigenvalue weighted by Gasteiger charge is -2.20. The molecule has 0 aliphatic heterocycles. The number of azo groups is 1. The Morgan fingerprint density at radius 2 is 1.91 bits per heavy atom. The number of rotatable bonds is 8. The molecule has 2 N–H and O–H groups in total. The fourth-order valence-corrected chi connectivity index (χ4v) is 5.93. The first kappa shape index (κ1) is 23.9. The van der Waals surface area contributed by atoms with Crippen molar-refractivity contribution in [2.45, 2.75) is 32.6 Å². The second-order valence-corrected chi connectivity index (χ2v) is 10.1. The molecule has 0 spiro atoms. The minimum Gasteiger partial charge on any atom is -0.506 e. The Balaban J connectivity index is 1.96. The van der Waals surface area contributed by atoms with E-state index in [2.05, 4.69) is 29.9 Å². The van der Waals surface area contributed by atoms with Crippen LogP contribution in [0.3, 0.4) is 0 Å². The molecule has 0 aliphatic rings. The Kier molecular flexibility index (Phi) is 6.73. The normalized spacial score (nSPS) is 12.4. The van der Waals surface area contributed by atoms with Crippen LogP contribution < -0.4 is 5.32 Å². The Morgan fingerprint density at radius 3 is 2.62 bits per heavy atom. The van der Waals surface area contributed by atoms with Gasteiger partial charge in [0.1, 0.15) is 16.5 Å². The maximum absolute atomic E-state index is 13.3. The number of hydrogen-bond acceptors (Lipinski definition) is 10. The van der Waals surface area contributed by atoms with Gasteiger partial charge in [-0.2, -0.15) is 8.68 Å². The van der Waals surface area contributed by atoms with E-state index in [1.54, 1.807) is 39.1 Å². The minimum atomic E-state index is -3.95. The van der Waals surface area contributed by atoms with E-state index >= 15 is 0 Å². The van der Waals surface area contributed by atoms with Crippen molar-refractivity contribution in [3.63, 3.8) is 0 Å². The number of nitrogens with one attached hydrogen (secondary N) is 1. The lowest BCUT2D eigenvalue weighted by molar-refractivity contribution is 0.431. The van der Waals surface area contributed by atoms with Crippen molar-refractivity contribution in [1.29, 1.82) is 0 Å². The van der Waals surface area contributed by atoms with Crippen LogP contribution >= 0.6 is 11.5 Å². The van der Waals surface area contributed by atoms with E-state index in [4.69, 9.17) is 0 Å². The molecule has 34 heavy (non-hydrogen) atoms. The number of fused-ring (bicyclic) bond motifs is 2. The highest BCUT2D eigenvalue weighted by Gasteiger charge is 2.28. The third kappa shape index (κ3) is 4.19. The average Bonchev–Trinajstić information content (AvgIpc) is 3.21. The smallest absolute Gasteiger partial charge is 0.246 e. The first-order valence-electron chi connectivity index (χ1n) is 10.8. The lowest BCUT2D eigenvalue weighted by atomic mass is 10.1. The van der Waals surface area contributed by atoms with Crippen molar-refractivity contribution in [3.8, 4) is 5.75 Å². The molecule has 0 amide bonds. The average molecular weight is 500 g/mol. The summed E-state index contributed by atoms with van der Waals surface area (Å²) in [6.45, 7) is 8.41. The van der Waals surface area contributed by atoms with Crippen molar-refractivity contribution in [2.24, 2.45) is 10.2 Å². The van der Waals surface area contributed by atoms with Gasteiger partial charge < -0.3 is 10.4 Å². The molecule has 0 aliphatic carbocycles. The molecule has 2 heterocycles. The molecular weight excluding hydrogens is 474 g/mol. The highest BCUT2D eigenvalue weighted by molar-refractivity contribution is 7.89. The van der Waals surface area contributed by atoms with Crippen LogP contribution in [0.4, 0.5) is 16.4 Å². The summed E-state index contributed by atoms with van der Waals surface area (Å²) in [4.78, 5) is 8.29. The van der Waals surface area contributed by atoms with Gasteiger partial charge in [-0.25, -0.2) is 18.4 Å². The molecule has 0 atom stereocenters. The van der Waals surface area contributed by atoms with Crippen LogP contribution in [0, 0.1) is 6.92 Å². The van der Waals surface area contributed by atoms with Gasteiger partial charge in [-0.3, -0.25) is 0 Å². The molecule has 12 heteroatoms. The molecule has 0 saturated carbocycles. The quantitative estimate of drug-likeness (QED) is 0.321. The number of hydrogen-bond donors (Lipinski definition) is 2. The summed E-state index contributed by atoms with van der Waals surface area (Å²) in [7, 11) is -3.95. The largest absolute Gasteiger partial charge is 0.506 e. The molecule has 2 aromatic heterocycles. The number of anilines is 1. The van der Waals surface area contributed by atoms with Crippen LogP contribution in [0.25, 0.3) is 21.8 Å². The summed E-state index contributed by atoms with van der Waals surface area (Å²) in [5.41, 5.74) is 1.55. The van der Waals surface area contributed by atoms with Gasteiger partial charge in [-0.15, -0.1) is 10.2 Å². The number of sulfonamides is 1. The van der Waals surface area contributed by atoms with Crippen LogP contribution in [0.5, 0.6) is 5.75 Å². The zero-order valence-corrected chi connectivity index (χ0v) is 20.9. The summed E-state index contributed by atoms with van der Waals surface area (Å²) in [6, 6.07) is 6.65. The Labute approximate surface area is 201 Å². The number of aromatic nitrogens is 3. The fraction of sp³-hybridized carbons (Fsp3) is 0.318. The topological polar surface area (TPSA) is 133 Å². The predicted octanol–water partition coefficient (Wildman–Crippen LogP) is 5.13. The second kappa shape index (κ2) is 9.57. The molecule has 0 radical (unpaired) electrons. The van der Waals surface area contributed by atoms with Gasteiger partial charge in [-0.05, 0) is 37.5 Å². The van der Waals surface area contributed by atoms with E-state index in [1.165, 1.54) is 10.4 Å². The molecule has 178 valence electrons. The van der Waals surface area contributed by atoms with Gasteiger partial charge in [0, 0.05) is 42.3 Å². The molecule has 0 unspecified atom stereocenters. The summed E-state index contributed by atoms with van der Waals surface area (Å²) in [5.74, 6) is 0.292. The predicted molar refractivity (Wildman–Crippen MR) is 134 cm³/mol. The molecule has 10 nitrogen and oxygen atoms in total. The first-order valence-corrected chi connectivity index (χ1v) is 13.1. The van der Waals surface area contributed by atoms with Crippen molar-refractivity contribution < 1.29 is 13.5 Å². The van der Waals surface area contributed by atoms with Crippen molar-refractivity contribution >= 4 is 59.7 Å². The summed E-state index contributed by atoms with van der Waals surface area (Å²) < 4.78 is 32.2. The summed E-state index contributed by atoms with van der Waals surface area (Å²) >= 11 is 1.13. The van der Waals surface area contributed by atoms with E-state index in [1.807, 2.05) is 13.0 Å². The van der Waals surface area contributed by atoms with Gasteiger partial charge in [0.05, 0.1) is 11.1 Å². The van der Waals surface area contributed by atoms with E-state index in [0.29, 0.717) is 50.6 Å². The third-order valence-corrected chi connectivity index (χ3v) is 8.16. The van der Waals surface area contributed by atoms with Gasteiger partial charge in [0.25, 0.3) is 0 Å². The van der Waals surface area contributed by atoms with E-state index in [-0.39, 0.29) is 23.7 Å². The molecular formula is C22H25N7O3S2. The van der Waals surface area contributed by atoms with Crippen molar-refractivity contribution in [2.75, 3.05) is 25.0 Å². The third-order valence-electron chi connectivity index (χ3n) is 5.35. The standard InChI is InChI=1S/C22H25N7O3S2/c1-5-23-16-10-8-9-14-19(16)17(11-18(20(14)30)34(31,32)29(6-2)7-3)26-27-22-15-12-24-13(4)25-21(15)28-33-22/h8-12,23,30H,5-7H2,1-4H3/b27-26+. The van der Waals surface area contributed by atoms with Gasteiger partial charge in [-0.1, -0.05) is 26.0 Å². The van der Waals surface area contributed by atoms with Crippen LogP contribution in [-0.4, -0.2) is 51.8 Å². The van der Waals surface area contributed by atoms with Crippen LogP contribution in [0.2, 0.25) is 0 Å². The second-order valence-electron chi connectivity index (χ2n) is 7.43. The molecule has 2 aromatic carbocycles. The number of nitrogens with zero attached hydrogens (tertiary/aromatic N) is 6. The highest BCUT2D eigenvalue weighted by Crippen LogP contribution is 2.43. The molecule has 4 aromatic rings. The SMILES string of the molecule is CCNc1cccc2c(O)c(S(=O)(=O)N(CC)CC)cc(/N=N/c3snc4nc(C)ncc34)c12. The van der Waals surface area contributed by atoms with Crippen molar-refractivity contribution in [3.05, 3.63) is 36.3 Å². The van der Waals surface area contributed by atoms with Crippen molar-refractivity contribution in [1.82, 2.24) is 18.6 Å². The lowest BCUT2D eigenvalue weighted by Crippen LogP contribution is -2.30. The molecule has 0 bridgehead atoms. The Hall–Kier alpha value is -3.22. The number of aromatic hydroxyl groups is 1. The number of phenolic OH excluding ortho intramolecular Hbond substituents is 1. The van der Waals surface area contributed by atoms with Crippen LogP contribution in [0.15, 0.2) is 45.6 Å². The zero-order chi connectivity index (χ0) is 24.5. The summed E-state index contributed by atoms with van der Waals surface area (Å²) in [5, 5.41) is 25.2. The Bertz CT molecular complexity index is 1500. The van der Waals surface area contributed by atoms with Gasteiger partial charge >= 0.3 is 0 Å². The van der Waals surface area contributed by atoms with Crippen LogP contribution in [-0.2, 0) is 10.0 Å². The monoisotopic (exact) mass is 499 g/mol. The van der Waals surface area contributed by atoms with E-state index in [9.17, 15) is 13.5 Å². The van der Waals surface area contributed by atoms with Gasteiger partial charge in [0.15, 0.2) is 10.6 Å². The number of benzene rings is 2. The first-order chi connectivity index (χ1) is 16.3. The molecule has 0 fully saturated rings. The highest BCUT2D eigenvalue weighted by atomic mass is 32.2. The van der Waals surface area contributed by atoms with E-state index < -0.39 is 10.0 Å². The number of phenols is 1. The zero-order valence-electron chi connectivity index (χ0n) is 19.3. The molecule has 0 saturated heterocycles. The van der Waals surface area contributed by atoms with Crippen LogP contribution in [0.1, 0.15) is 26.6 Å². The molecule has 4 rings (SSSR count). The minimum absolute atomic E-state index is 0.209. The summed E-state index contributed by atoms with van der Waals surface area (Å²) in [6.07, 6.45) is 1.64. The Morgan fingerprint density at radius 1 is 1.15 bits per heavy atom. The fourth-order valence-electron chi connectivity index (χ4n) is 3.72. The number of aryl methyl sites for hydroxylation is 1. The maximum Gasteiger partial charge on any atom is 0.246 e. The van der Waals surface area contributed by atoms with Gasteiger partial charge in [0.2, 0.25) is 10.0 Å². The van der Waals surface area contributed by atoms with E-state index in [0.717, 1.165) is 11.5 Å².